The minimum atomic E-state index is 0.684. The van der Waals surface area contributed by atoms with Gasteiger partial charge in [-0.25, -0.2) is 0 Å². The lowest BCUT2D eigenvalue weighted by Gasteiger charge is -2.21. The molecule has 1 N–H and O–H groups in total. The molecule has 0 saturated heterocycles. The van der Waals surface area contributed by atoms with Crippen LogP contribution >= 0.6 is 0 Å². The Morgan fingerprint density at radius 3 is 1.70 bits per heavy atom. The van der Waals surface area contributed by atoms with Crippen LogP contribution in [-0.4, -0.2) is 38.1 Å². The third kappa shape index (κ3) is 14.3. The van der Waals surface area contributed by atoms with Crippen LogP contribution in [0.4, 0.5) is 0 Å². The van der Waals surface area contributed by atoms with Gasteiger partial charge in [0.15, 0.2) is 0 Å². The number of nitrogens with one attached hydrogen (secondary N) is 1. The van der Waals surface area contributed by atoms with Crippen molar-refractivity contribution < 1.29 is 0 Å². The highest BCUT2D eigenvalue weighted by Crippen LogP contribution is 2.12. The number of nitrogens with zero attached hydrogens (tertiary/aromatic N) is 1. The van der Waals surface area contributed by atoms with Gasteiger partial charge in [-0.3, -0.25) is 0 Å². The molecule has 0 aliphatic rings. The van der Waals surface area contributed by atoms with E-state index in [0.29, 0.717) is 6.04 Å². The first kappa shape index (κ1) is 19.9. The second kappa shape index (κ2) is 15.3. The van der Waals surface area contributed by atoms with Crippen LogP contribution < -0.4 is 5.32 Å². The largest absolute Gasteiger partial charge is 0.313 e. The summed E-state index contributed by atoms with van der Waals surface area (Å²) >= 11 is 0. The van der Waals surface area contributed by atoms with Crippen LogP contribution in [0.25, 0.3) is 0 Å². The molecule has 0 aromatic rings. The van der Waals surface area contributed by atoms with Crippen molar-refractivity contribution in [1.29, 1.82) is 0 Å². The number of rotatable bonds is 15. The highest BCUT2D eigenvalue weighted by Gasteiger charge is 2.07. The van der Waals surface area contributed by atoms with Crippen molar-refractivity contribution in [2.24, 2.45) is 0 Å². The molecule has 0 spiro atoms. The summed E-state index contributed by atoms with van der Waals surface area (Å²) in [6.45, 7) is 6.76. The molecule has 20 heavy (non-hydrogen) atoms. The third-order valence-electron chi connectivity index (χ3n) is 3.98. The summed E-state index contributed by atoms with van der Waals surface area (Å²) in [4.78, 5) is 2.30. The van der Waals surface area contributed by atoms with Crippen LogP contribution in [-0.2, 0) is 0 Å². The van der Waals surface area contributed by atoms with Gasteiger partial charge in [-0.05, 0) is 27.1 Å². The van der Waals surface area contributed by atoms with E-state index in [2.05, 4.69) is 38.2 Å². The van der Waals surface area contributed by atoms with Crippen molar-refractivity contribution in [3.63, 3.8) is 0 Å². The van der Waals surface area contributed by atoms with Crippen molar-refractivity contribution in [3.05, 3.63) is 0 Å². The van der Waals surface area contributed by atoms with Gasteiger partial charge in [0.1, 0.15) is 0 Å². The van der Waals surface area contributed by atoms with Crippen LogP contribution in [0.3, 0.4) is 0 Å². The van der Waals surface area contributed by atoms with Crippen molar-refractivity contribution in [2.45, 2.75) is 90.5 Å². The van der Waals surface area contributed by atoms with Gasteiger partial charge in [0, 0.05) is 12.6 Å². The maximum Gasteiger partial charge on any atom is 0.0194 e. The first-order valence-corrected chi connectivity index (χ1v) is 9.08. The summed E-state index contributed by atoms with van der Waals surface area (Å²) in [5.74, 6) is 0. The Hall–Kier alpha value is -0.0800. The zero-order chi connectivity index (χ0) is 15.1. The average Bonchev–Trinajstić information content (AvgIpc) is 2.40. The van der Waals surface area contributed by atoms with Gasteiger partial charge in [0.25, 0.3) is 0 Å². The molecule has 0 rings (SSSR count). The van der Waals surface area contributed by atoms with E-state index in [0.717, 1.165) is 6.54 Å². The zero-order valence-electron chi connectivity index (χ0n) is 14.7. The number of unbranched alkanes of at least 4 members (excludes halogenated alkanes) is 9. The molecule has 0 aliphatic heterocycles. The second-order valence-corrected chi connectivity index (χ2v) is 6.49. The molecule has 2 nitrogen and oxygen atoms in total. The topological polar surface area (TPSA) is 15.3 Å². The SMILES string of the molecule is CCCCCCCCCCCCC(CN(C)C)NCC. The van der Waals surface area contributed by atoms with Gasteiger partial charge in [-0.1, -0.05) is 78.1 Å². The van der Waals surface area contributed by atoms with E-state index >= 15 is 0 Å². The summed E-state index contributed by atoms with van der Waals surface area (Å²) in [6.07, 6.45) is 15.6. The lowest BCUT2D eigenvalue weighted by atomic mass is 10.0. The predicted octanol–water partition coefficient (Wildman–Crippen LogP) is 4.84. The minimum Gasteiger partial charge on any atom is -0.313 e. The Morgan fingerprint density at radius 1 is 0.750 bits per heavy atom. The maximum absolute atomic E-state index is 3.60. The fraction of sp³-hybridized carbons (Fsp3) is 1.00. The van der Waals surface area contributed by atoms with Crippen molar-refractivity contribution in [2.75, 3.05) is 27.2 Å². The molecule has 1 unspecified atom stereocenters. The van der Waals surface area contributed by atoms with Gasteiger partial charge in [-0.2, -0.15) is 0 Å². The van der Waals surface area contributed by atoms with E-state index in [1.54, 1.807) is 0 Å². The fourth-order valence-corrected chi connectivity index (χ4v) is 2.87. The molecule has 122 valence electrons. The van der Waals surface area contributed by atoms with Gasteiger partial charge in [0.2, 0.25) is 0 Å². The van der Waals surface area contributed by atoms with Crippen molar-refractivity contribution in [3.8, 4) is 0 Å². The number of hydrogen-bond acceptors (Lipinski definition) is 2. The summed E-state index contributed by atoms with van der Waals surface area (Å²) in [5.41, 5.74) is 0. The van der Waals surface area contributed by atoms with Crippen LogP contribution in [0.2, 0.25) is 0 Å². The van der Waals surface area contributed by atoms with Crippen LogP contribution in [0, 0.1) is 0 Å². The molecule has 0 bridgehead atoms. The lowest BCUT2D eigenvalue weighted by molar-refractivity contribution is 0.323. The smallest absolute Gasteiger partial charge is 0.0194 e. The molecule has 0 radical (unpaired) electrons. The number of hydrogen-bond donors (Lipinski definition) is 1. The summed E-state index contributed by atoms with van der Waals surface area (Å²) < 4.78 is 0. The first-order valence-electron chi connectivity index (χ1n) is 9.08. The van der Waals surface area contributed by atoms with E-state index in [1.807, 2.05) is 0 Å². The van der Waals surface area contributed by atoms with E-state index in [4.69, 9.17) is 0 Å². The Labute approximate surface area is 128 Å². The zero-order valence-corrected chi connectivity index (χ0v) is 14.7. The van der Waals surface area contributed by atoms with E-state index in [1.165, 1.54) is 77.2 Å². The monoisotopic (exact) mass is 284 g/mol. The van der Waals surface area contributed by atoms with E-state index < -0.39 is 0 Å². The lowest BCUT2D eigenvalue weighted by Crippen LogP contribution is -2.38. The Balaban J connectivity index is 3.31. The molecule has 0 fully saturated rings. The van der Waals surface area contributed by atoms with Gasteiger partial charge in [-0.15, -0.1) is 0 Å². The first-order chi connectivity index (χ1) is 9.70. The Morgan fingerprint density at radius 2 is 1.25 bits per heavy atom. The molecule has 1 atom stereocenters. The molecule has 0 aliphatic carbocycles. The normalized spacial score (nSPS) is 13.1. The van der Waals surface area contributed by atoms with Gasteiger partial charge in [0.05, 0.1) is 0 Å². The van der Waals surface area contributed by atoms with Crippen molar-refractivity contribution in [1.82, 2.24) is 10.2 Å². The number of likely N-dealkylation sites (N-methyl/N-ethyl adjacent to an activating group) is 2. The van der Waals surface area contributed by atoms with Crippen LogP contribution in [0.1, 0.15) is 84.5 Å². The molecular formula is C18H40N2. The third-order valence-corrected chi connectivity index (χ3v) is 3.98. The minimum absolute atomic E-state index is 0.684. The molecule has 0 amide bonds. The fourth-order valence-electron chi connectivity index (χ4n) is 2.87. The predicted molar refractivity (Wildman–Crippen MR) is 92.5 cm³/mol. The molecule has 0 heterocycles. The second-order valence-electron chi connectivity index (χ2n) is 6.49. The Kier molecular flexibility index (Phi) is 15.3. The van der Waals surface area contributed by atoms with Gasteiger partial charge < -0.3 is 10.2 Å². The Bertz CT molecular complexity index is 180. The average molecular weight is 285 g/mol. The van der Waals surface area contributed by atoms with Crippen molar-refractivity contribution >= 4 is 0 Å². The highest BCUT2D eigenvalue weighted by molar-refractivity contribution is 4.68. The molecular weight excluding hydrogens is 244 g/mol. The van der Waals surface area contributed by atoms with Gasteiger partial charge >= 0.3 is 0 Å². The standard InChI is InChI=1S/C18H40N2/c1-5-7-8-9-10-11-12-13-14-15-16-18(19-6-2)17-20(3)4/h18-19H,5-17H2,1-4H3. The molecule has 0 saturated carbocycles. The molecule has 0 aromatic heterocycles. The van der Waals surface area contributed by atoms with Crippen LogP contribution in [0.15, 0.2) is 0 Å². The molecule has 2 heteroatoms. The van der Waals surface area contributed by atoms with E-state index in [-0.39, 0.29) is 0 Å². The molecule has 0 aromatic carbocycles. The maximum atomic E-state index is 3.60. The van der Waals surface area contributed by atoms with E-state index in [9.17, 15) is 0 Å². The summed E-state index contributed by atoms with van der Waals surface area (Å²) in [6, 6.07) is 0.684. The van der Waals surface area contributed by atoms with Crippen LogP contribution in [0.5, 0.6) is 0 Å². The summed E-state index contributed by atoms with van der Waals surface area (Å²) in [7, 11) is 4.34. The summed E-state index contributed by atoms with van der Waals surface area (Å²) in [5, 5.41) is 3.60. The quantitative estimate of drug-likeness (QED) is 0.433. The highest BCUT2D eigenvalue weighted by atomic mass is 15.1.